The highest BCUT2D eigenvalue weighted by Crippen LogP contribution is 2.42. The van der Waals surface area contributed by atoms with Gasteiger partial charge in [0, 0.05) is 23.6 Å². The number of hydrogen-bond donors (Lipinski definition) is 1. The minimum atomic E-state index is -0.829. The number of rotatable bonds is 5. The molecule has 0 radical (unpaired) electrons. The van der Waals surface area contributed by atoms with E-state index >= 15 is 0 Å². The molecule has 4 rings (SSSR count). The minimum absolute atomic E-state index is 0.000940. The highest BCUT2D eigenvalue weighted by Gasteiger charge is 2.47. The van der Waals surface area contributed by atoms with E-state index < -0.39 is 17.7 Å². The van der Waals surface area contributed by atoms with Gasteiger partial charge in [-0.15, -0.1) is 0 Å². The zero-order valence-corrected chi connectivity index (χ0v) is 17.0. The molecule has 3 aromatic rings. The van der Waals surface area contributed by atoms with Gasteiger partial charge in [0.25, 0.3) is 11.7 Å². The van der Waals surface area contributed by atoms with Crippen molar-refractivity contribution < 1.29 is 24.2 Å². The second kappa shape index (κ2) is 8.31. The summed E-state index contributed by atoms with van der Waals surface area (Å²) in [5.74, 6) is -0.520. The summed E-state index contributed by atoms with van der Waals surface area (Å²) in [5.41, 5.74) is 1.51. The van der Waals surface area contributed by atoms with Gasteiger partial charge in [0.1, 0.15) is 17.3 Å². The van der Waals surface area contributed by atoms with Crippen LogP contribution in [0.15, 0.2) is 78.6 Å². The molecule has 1 atom stereocenters. The molecule has 1 aromatic heterocycles. The zero-order valence-electron chi connectivity index (χ0n) is 17.0. The third kappa shape index (κ3) is 3.61. The van der Waals surface area contributed by atoms with Crippen LogP contribution < -0.4 is 14.4 Å². The molecule has 0 bridgehead atoms. The molecule has 1 aliphatic heterocycles. The molecule has 1 aliphatic rings. The number of aromatic nitrogens is 1. The molecule has 1 saturated heterocycles. The number of aliphatic hydroxyl groups excluding tert-OH is 1. The largest absolute Gasteiger partial charge is 0.507 e. The standard InChI is InChI=1S/C24H20N2O5/c1-30-18-9-5-15(6-10-18)22(27)20-21(16-4-3-13-25-14-16)26(24(29)23(20)28)17-7-11-19(31-2)12-8-17/h3-14,21,27H,1-2H3/b22-20-. The number of anilines is 1. The second-order valence-corrected chi connectivity index (χ2v) is 6.88. The molecule has 1 unspecified atom stereocenters. The van der Waals surface area contributed by atoms with Crippen LogP contribution in [0.1, 0.15) is 17.2 Å². The lowest BCUT2D eigenvalue weighted by atomic mass is 9.96. The van der Waals surface area contributed by atoms with E-state index in [1.165, 1.54) is 12.0 Å². The summed E-state index contributed by atoms with van der Waals surface area (Å²) < 4.78 is 10.3. The summed E-state index contributed by atoms with van der Waals surface area (Å²) in [4.78, 5) is 31.6. The van der Waals surface area contributed by atoms with Crippen LogP contribution in [-0.2, 0) is 9.59 Å². The van der Waals surface area contributed by atoms with Gasteiger partial charge in [0.15, 0.2) is 0 Å². The van der Waals surface area contributed by atoms with E-state index in [1.54, 1.807) is 80.2 Å². The summed E-state index contributed by atoms with van der Waals surface area (Å²) in [5, 5.41) is 11.0. The fourth-order valence-electron chi connectivity index (χ4n) is 3.60. The quantitative estimate of drug-likeness (QED) is 0.387. The van der Waals surface area contributed by atoms with Gasteiger partial charge in [-0.25, -0.2) is 0 Å². The first-order valence-electron chi connectivity index (χ1n) is 9.54. The van der Waals surface area contributed by atoms with Crippen LogP contribution in [-0.4, -0.2) is 36.0 Å². The number of pyridine rings is 1. The lowest BCUT2D eigenvalue weighted by Gasteiger charge is -2.25. The Hall–Kier alpha value is -4.13. The van der Waals surface area contributed by atoms with Gasteiger partial charge < -0.3 is 14.6 Å². The molecule has 31 heavy (non-hydrogen) atoms. The van der Waals surface area contributed by atoms with Crippen molar-refractivity contribution in [2.24, 2.45) is 0 Å². The SMILES string of the molecule is COc1ccc(/C(O)=C2/C(=O)C(=O)N(c3ccc(OC)cc3)C2c2cccnc2)cc1. The van der Waals surface area contributed by atoms with Crippen LogP contribution >= 0.6 is 0 Å². The van der Waals surface area contributed by atoms with Gasteiger partial charge in [0.05, 0.1) is 25.8 Å². The van der Waals surface area contributed by atoms with Crippen molar-refractivity contribution in [3.05, 3.63) is 89.8 Å². The molecule has 156 valence electrons. The first kappa shape index (κ1) is 20.2. The van der Waals surface area contributed by atoms with Gasteiger partial charge in [-0.1, -0.05) is 6.07 Å². The van der Waals surface area contributed by atoms with Crippen molar-refractivity contribution in [1.82, 2.24) is 4.98 Å². The van der Waals surface area contributed by atoms with E-state index in [1.807, 2.05) is 0 Å². The normalized spacial score (nSPS) is 17.6. The van der Waals surface area contributed by atoms with Crippen LogP contribution in [0.25, 0.3) is 5.76 Å². The minimum Gasteiger partial charge on any atom is -0.507 e. The number of carbonyl (C=O) groups excluding carboxylic acids is 2. The Morgan fingerprint density at radius 2 is 1.55 bits per heavy atom. The fourth-order valence-corrected chi connectivity index (χ4v) is 3.60. The highest BCUT2D eigenvalue weighted by molar-refractivity contribution is 6.51. The number of nitrogens with zero attached hydrogens (tertiary/aromatic N) is 2. The average molecular weight is 416 g/mol. The van der Waals surface area contributed by atoms with Crippen molar-refractivity contribution in [1.29, 1.82) is 0 Å². The van der Waals surface area contributed by atoms with Crippen molar-refractivity contribution in [2.45, 2.75) is 6.04 Å². The number of benzene rings is 2. The Kier molecular flexibility index (Phi) is 5.41. The number of Topliss-reactive ketones (excluding diaryl/α,β-unsaturated/α-hetero) is 1. The zero-order chi connectivity index (χ0) is 22.0. The van der Waals surface area contributed by atoms with Gasteiger partial charge in [-0.3, -0.25) is 19.5 Å². The molecule has 7 nitrogen and oxygen atoms in total. The van der Waals surface area contributed by atoms with Gasteiger partial charge in [-0.2, -0.15) is 0 Å². The summed E-state index contributed by atoms with van der Waals surface area (Å²) in [7, 11) is 3.09. The third-order valence-corrected chi connectivity index (χ3v) is 5.16. The maximum absolute atomic E-state index is 13.1. The first-order chi connectivity index (χ1) is 15.0. The first-order valence-corrected chi connectivity index (χ1v) is 9.54. The van der Waals surface area contributed by atoms with Crippen molar-refractivity contribution >= 4 is 23.1 Å². The Labute approximate surface area is 179 Å². The Morgan fingerprint density at radius 1 is 0.935 bits per heavy atom. The van der Waals surface area contributed by atoms with Crippen LogP contribution in [0, 0.1) is 0 Å². The van der Waals surface area contributed by atoms with Crippen LogP contribution in [0.3, 0.4) is 0 Å². The van der Waals surface area contributed by atoms with Gasteiger partial charge in [-0.05, 0) is 60.2 Å². The number of carbonyl (C=O) groups is 2. The van der Waals surface area contributed by atoms with Crippen molar-refractivity contribution in [3.8, 4) is 11.5 Å². The maximum Gasteiger partial charge on any atom is 0.300 e. The Balaban J connectivity index is 1.88. The van der Waals surface area contributed by atoms with Crippen molar-refractivity contribution in [3.63, 3.8) is 0 Å². The second-order valence-electron chi connectivity index (χ2n) is 6.88. The topological polar surface area (TPSA) is 89.0 Å². The summed E-state index contributed by atoms with van der Waals surface area (Å²) in [6.45, 7) is 0. The van der Waals surface area contributed by atoms with Gasteiger partial charge in [0.2, 0.25) is 0 Å². The lowest BCUT2D eigenvalue weighted by molar-refractivity contribution is -0.132. The molecule has 2 heterocycles. The van der Waals surface area contributed by atoms with Crippen LogP contribution in [0.4, 0.5) is 5.69 Å². The monoisotopic (exact) mass is 416 g/mol. The Morgan fingerprint density at radius 3 is 2.10 bits per heavy atom. The summed E-state index contributed by atoms with van der Waals surface area (Å²) in [6.07, 6.45) is 3.18. The van der Waals surface area contributed by atoms with E-state index in [2.05, 4.69) is 4.98 Å². The smallest absolute Gasteiger partial charge is 0.300 e. The number of hydrogen-bond acceptors (Lipinski definition) is 6. The number of ketones is 1. The molecule has 0 aliphatic carbocycles. The third-order valence-electron chi connectivity index (χ3n) is 5.16. The molecule has 1 N–H and O–H groups in total. The number of amides is 1. The highest BCUT2D eigenvalue weighted by atomic mass is 16.5. The van der Waals surface area contributed by atoms with E-state index in [4.69, 9.17) is 9.47 Å². The number of methoxy groups -OCH3 is 2. The molecule has 2 aromatic carbocycles. The lowest BCUT2D eigenvalue weighted by Crippen LogP contribution is -2.29. The molecule has 1 amide bonds. The number of ether oxygens (including phenoxy) is 2. The summed E-state index contributed by atoms with van der Waals surface area (Å²) in [6, 6.07) is 16.1. The van der Waals surface area contributed by atoms with Crippen LogP contribution in [0.5, 0.6) is 11.5 Å². The van der Waals surface area contributed by atoms with Crippen LogP contribution in [0.2, 0.25) is 0 Å². The van der Waals surface area contributed by atoms with E-state index in [0.717, 1.165) is 0 Å². The maximum atomic E-state index is 13.1. The predicted molar refractivity (Wildman–Crippen MR) is 115 cm³/mol. The molecule has 0 saturated carbocycles. The van der Waals surface area contributed by atoms with E-state index in [9.17, 15) is 14.7 Å². The van der Waals surface area contributed by atoms with Crippen molar-refractivity contribution in [2.75, 3.05) is 19.1 Å². The molecule has 1 fully saturated rings. The fraction of sp³-hybridized carbons (Fsp3) is 0.125. The molecule has 0 spiro atoms. The molecule has 7 heteroatoms. The number of aliphatic hydroxyl groups is 1. The predicted octanol–water partition coefficient (Wildman–Crippen LogP) is 3.73. The van der Waals surface area contributed by atoms with E-state index in [0.29, 0.717) is 28.3 Å². The molecular formula is C24H20N2O5. The van der Waals surface area contributed by atoms with E-state index in [-0.39, 0.29) is 11.3 Å². The summed E-state index contributed by atoms with van der Waals surface area (Å²) >= 11 is 0. The molecular weight excluding hydrogens is 396 g/mol. The van der Waals surface area contributed by atoms with Gasteiger partial charge >= 0.3 is 0 Å². The average Bonchev–Trinajstić information content (AvgIpc) is 3.09. The Bertz CT molecular complexity index is 1140.